The number of hydrogen-bond donors (Lipinski definition) is 2. The Labute approximate surface area is 125 Å². The summed E-state index contributed by atoms with van der Waals surface area (Å²) >= 11 is 0. The van der Waals surface area contributed by atoms with Crippen LogP contribution in [0, 0.1) is 0 Å². The Balaban J connectivity index is 1.76. The summed E-state index contributed by atoms with van der Waals surface area (Å²) in [5, 5.41) is 18.8. The molecular formula is C16H23NO4. The highest BCUT2D eigenvalue weighted by Crippen LogP contribution is 2.22. The first-order valence-corrected chi connectivity index (χ1v) is 7.42. The summed E-state index contributed by atoms with van der Waals surface area (Å²) in [6, 6.07) is 6.62. The zero-order valence-electron chi connectivity index (χ0n) is 12.4. The summed E-state index contributed by atoms with van der Waals surface area (Å²) in [4.78, 5) is 12.9. The largest absolute Gasteiger partial charge is 0.492 e. The maximum absolute atomic E-state index is 10.8. The molecule has 0 amide bonds. The molecule has 5 heteroatoms. The molecule has 0 aromatic heterocycles. The van der Waals surface area contributed by atoms with Gasteiger partial charge in [-0.2, -0.15) is 0 Å². The minimum Gasteiger partial charge on any atom is -0.492 e. The van der Waals surface area contributed by atoms with E-state index in [1.54, 1.807) is 12.1 Å². The third-order valence-electron chi connectivity index (χ3n) is 4.07. The molecule has 5 nitrogen and oxygen atoms in total. The number of likely N-dealkylation sites (N-methyl/N-ethyl adjacent to an activating group) is 1. The summed E-state index contributed by atoms with van der Waals surface area (Å²) in [6.07, 6.45) is 3.96. The van der Waals surface area contributed by atoms with Gasteiger partial charge in [-0.3, -0.25) is 4.90 Å². The highest BCUT2D eigenvalue weighted by molar-refractivity contribution is 5.87. The Morgan fingerprint density at radius 3 is 2.57 bits per heavy atom. The van der Waals surface area contributed by atoms with Crippen LogP contribution >= 0.6 is 0 Å². The van der Waals surface area contributed by atoms with E-state index in [0.29, 0.717) is 12.4 Å². The molecule has 1 aromatic carbocycles. The van der Waals surface area contributed by atoms with E-state index in [-0.39, 0.29) is 17.7 Å². The molecule has 0 saturated heterocycles. The van der Waals surface area contributed by atoms with Gasteiger partial charge in [-0.25, -0.2) is 4.79 Å². The molecule has 116 valence electrons. The number of hydrogen-bond acceptors (Lipinski definition) is 4. The Kier molecular flexibility index (Phi) is 5.59. The molecule has 2 rings (SSSR count). The predicted octanol–water partition coefficient (Wildman–Crippen LogP) is 2.00. The van der Waals surface area contributed by atoms with Crippen LogP contribution in [-0.4, -0.2) is 53.4 Å². The predicted molar refractivity (Wildman–Crippen MR) is 79.8 cm³/mol. The first-order chi connectivity index (χ1) is 10.1. The van der Waals surface area contributed by atoms with Gasteiger partial charge in [-0.1, -0.05) is 12.8 Å². The number of ether oxygens (including phenoxy) is 1. The van der Waals surface area contributed by atoms with Crippen molar-refractivity contribution in [3.05, 3.63) is 29.8 Å². The minimum absolute atomic E-state index is 0.219. The van der Waals surface area contributed by atoms with Crippen molar-refractivity contribution < 1.29 is 19.7 Å². The number of rotatable bonds is 6. The van der Waals surface area contributed by atoms with Crippen molar-refractivity contribution in [1.29, 1.82) is 0 Å². The molecule has 0 heterocycles. The number of aliphatic hydroxyl groups excluding tert-OH is 1. The number of carboxylic acid groups (broad SMARTS) is 1. The molecule has 2 N–H and O–H groups in total. The van der Waals surface area contributed by atoms with Crippen molar-refractivity contribution in [3.63, 3.8) is 0 Å². The number of nitrogens with zero attached hydrogens (tertiary/aromatic N) is 1. The van der Waals surface area contributed by atoms with E-state index in [1.807, 2.05) is 7.05 Å². The number of aliphatic hydroxyl groups is 1. The normalized spacial score (nSPS) is 22.2. The van der Waals surface area contributed by atoms with Crippen molar-refractivity contribution >= 4 is 5.97 Å². The topological polar surface area (TPSA) is 70.0 Å². The lowest BCUT2D eigenvalue weighted by molar-refractivity contribution is 0.0272. The van der Waals surface area contributed by atoms with Crippen molar-refractivity contribution in [1.82, 2.24) is 4.90 Å². The van der Waals surface area contributed by atoms with Gasteiger partial charge in [0.25, 0.3) is 0 Å². The molecule has 2 unspecified atom stereocenters. The fraction of sp³-hybridized carbons (Fsp3) is 0.562. The molecule has 0 aliphatic heterocycles. The van der Waals surface area contributed by atoms with Crippen molar-refractivity contribution in [2.24, 2.45) is 0 Å². The number of carbonyl (C=O) groups is 1. The van der Waals surface area contributed by atoms with Crippen molar-refractivity contribution in [2.75, 3.05) is 20.2 Å². The van der Waals surface area contributed by atoms with E-state index < -0.39 is 5.97 Å². The highest BCUT2D eigenvalue weighted by atomic mass is 16.5. The van der Waals surface area contributed by atoms with E-state index in [1.165, 1.54) is 18.6 Å². The second-order valence-electron chi connectivity index (χ2n) is 5.58. The van der Waals surface area contributed by atoms with Gasteiger partial charge in [0.15, 0.2) is 0 Å². The molecule has 0 radical (unpaired) electrons. The Morgan fingerprint density at radius 1 is 1.29 bits per heavy atom. The Morgan fingerprint density at radius 2 is 1.95 bits per heavy atom. The van der Waals surface area contributed by atoms with E-state index >= 15 is 0 Å². The maximum Gasteiger partial charge on any atom is 0.335 e. The first kappa shape index (κ1) is 15.8. The fourth-order valence-electron chi connectivity index (χ4n) is 2.77. The summed E-state index contributed by atoms with van der Waals surface area (Å²) < 4.78 is 5.62. The average molecular weight is 293 g/mol. The van der Waals surface area contributed by atoms with E-state index in [2.05, 4.69) is 4.90 Å². The molecule has 1 fully saturated rings. The molecule has 21 heavy (non-hydrogen) atoms. The van der Waals surface area contributed by atoms with E-state index in [4.69, 9.17) is 9.84 Å². The van der Waals surface area contributed by atoms with Crippen LogP contribution in [0.2, 0.25) is 0 Å². The number of carboxylic acids is 1. The number of aromatic carboxylic acids is 1. The van der Waals surface area contributed by atoms with Gasteiger partial charge in [0.2, 0.25) is 0 Å². The highest BCUT2D eigenvalue weighted by Gasteiger charge is 2.26. The molecule has 1 aliphatic carbocycles. The minimum atomic E-state index is -0.937. The molecule has 1 aliphatic rings. The van der Waals surface area contributed by atoms with Crippen LogP contribution < -0.4 is 4.74 Å². The molecule has 2 atom stereocenters. The lowest BCUT2D eigenvalue weighted by Crippen LogP contribution is -2.44. The summed E-state index contributed by atoms with van der Waals surface area (Å²) in [7, 11) is 2.01. The van der Waals surface area contributed by atoms with Crippen LogP contribution in [-0.2, 0) is 0 Å². The van der Waals surface area contributed by atoms with Gasteiger partial charge >= 0.3 is 5.97 Å². The van der Waals surface area contributed by atoms with Gasteiger partial charge in [-0.15, -0.1) is 0 Å². The quantitative estimate of drug-likeness (QED) is 0.839. The molecule has 0 spiro atoms. The van der Waals surface area contributed by atoms with Gasteiger partial charge < -0.3 is 14.9 Å². The third-order valence-corrected chi connectivity index (χ3v) is 4.07. The second-order valence-corrected chi connectivity index (χ2v) is 5.58. The van der Waals surface area contributed by atoms with Crippen LogP contribution in [0.15, 0.2) is 24.3 Å². The Bertz CT molecular complexity index is 460. The maximum atomic E-state index is 10.8. The molecular weight excluding hydrogens is 270 g/mol. The molecule has 1 aromatic rings. The summed E-state index contributed by atoms with van der Waals surface area (Å²) in [5.74, 6) is -0.273. The number of benzene rings is 1. The lowest BCUT2D eigenvalue weighted by Gasteiger charge is -2.35. The van der Waals surface area contributed by atoms with Crippen LogP contribution in [0.4, 0.5) is 0 Å². The van der Waals surface area contributed by atoms with E-state index in [9.17, 15) is 9.90 Å². The van der Waals surface area contributed by atoms with Gasteiger partial charge in [0, 0.05) is 12.6 Å². The first-order valence-electron chi connectivity index (χ1n) is 7.42. The molecule has 0 bridgehead atoms. The van der Waals surface area contributed by atoms with Gasteiger partial charge in [0.05, 0.1) is 11.7 Å². The average Bonchev–Trinajstić information content (AvgIpc) is 2.48. The SMILES string of the molecule is CN(CCOc1ccc(C(=O)O)cc1)C1CCCCC1O. The van der Waals surface area contributed by atoms with Gasteiger partial charge in [0.1, 0.15) is 12.4 Å². The van der Waals surface area contributed by atoms with Crippen LogP contribution in [0.1, 0.15) is 36.0 Å². The zero-order chi connectivity index (χ0) is 15.2. The van der Waals surface area contributed by atoms with Crippen molar-refractivity contribution in [3.8, 4) is 5.75 Å². The van der Waals surface area contributed by atoms with Crippen molar-refractivity contribution in [2.45, 2.75) is 37.8 Å². The summed E-state index contributed by atoms with van der Waals surface area (Å²) in [5.41, 5.74) is 0.254. The monoisotopic (exact) mass is 293 g/mol. The van der Waals surface area contributed by atoms with Crippen LogP contribution in [0.3, 0.4) is 0 Å². The van der Waals surface area contributed by atoms with Crippen LogP contribution in [0.5, 0.6) is 5.75 Å². The smallest absolute Gasteiger partial charge is 0.335 e. The fourth-order valence-corrected chi connectivity index (χ4v) is 2.77. The molecule has 1 saturated carbocycles. The van der Waals surface area contributed by atoms with Crippen LogP contribution in [0.25, 0.3) is 0 Å². The second kappa shape index (κ2) is 7.43. The zero-order valence-corrected chi connectivity index (χ0v) is 12.4. The van der Waals surface area contributed by atoms with E-state index in [0.717, 1.165) is 25.8 Å². The lowest BCUT2D eigenvalue weighted by atomic mass is 9.92. The summed E-state index contributed by atoms with van der Waals surface area (Å²) in [6.45, 7) is 1.26. The Hall–Kier alpha value is -1.59. The van der Waals surface area contributed by atoms with Gasteiger partial charge in [-0.05, 0) is 44.2 Å². The standard InChI is InChI=1S/C16H23NO4/c1-17(14-4-2-3-5-15(14)18)10-11-21-13-8-6-12(7-9-13)16(19)20/h6-9,14-15,18H,2-5,10-11H2,1H3,(H,19,20). The third kappa shape index (κ3) is 4.44.